The molecule has 0 unspecified atom stereocenters. The van der Waals surface area contributed by atoms with Gasteiger partial charge in [-0.2, -0.15) is 0 Å². The molecule has 0 spiro atoms. The highest BCUT2D eigenvalue weighted by Crippen LogP contribution is 2.42. The Labute approximate surface area is 286 Å². The van der Waals surface area contributed by atoms with E-state index in [2.05, 4.69) is 169 Å². The van der Waals surface area contributed by atoms with E-state index in [-0.39, 0.29) is 0 Å². The van der Waals surface area contributed by atoms with E-state index in [1.807, 2.05) is 6.07 Å². The summed E-state index contributed by atoms with van der Waals surface area (Å²) in [5, 5.41) is 8.08. The summed E-state index contributed by atoms with van der Waals surface area (Å²) in [7, 11) is 0. The van der Waals surface area contributed by atoms with Gasteiger partial charge in [0.2, 0.25) is 0 Å². The zero-order chi connectivity index (χ0) is 32.3. The summed E-state index contributed by atoms with van der Waals surface area (Å²) in [4.78, 5) is 7.36. The van der Waals surface area contributed by atoms with E-state index >= 15 is 0 Å². The number of hydrogen-bond donors (Lipinski definition) is 0. The summed E-state index contributed by atoms with van der Waals surface area (Å²) in [6, 6.07) is 60.5. The fourth-order valence-corrected chi connectivity index (χ4v) is 8.04. The second-order valence-corrected chi connectivity index (χ2v) is 13.5. The third-order valence-corrected chi connectivity index (χ3v) is 10.5. The highest BCUT2D eigenvalue weighted by molar-refractivity contribution is 7.21. The molecule has 0 bridgehead atoms. The van der Waals surface area contributed by atoms with Gasteiger partial charge in [-0.1, -0.05) is 115 Å². The number of benzene rings is 8. The second kappa shape index (κ2) is 11.2. The molecule has 0 N–H and O–H groups in total. The molecule has 49 heavy (non-hydrogen) atoms. The molecular formula is C45H28N2OS. The predicted molar refractivity (Wildman–Crippen MR) is 207 cm³/mol. The van der Waals surface area contributed by atoms with Gasteiger partial charge < -0.3 is 9.32 Å². The Hall–Kier alpha value is -6.23. The summed E-state index contributed by atoms with van der Waals surface area (Å²) in [6.07, 6.45) is 0. The standard InChI is InChI=1S/C45H28N2OS/c1-2-11-32(12-3-1)45-46-41-27-40-39-26-36(23-24-42(39)48-43(40)28-44(41)49-45)47(35-22-17-29-9-4-5-13-33(29)25-35)34-20-18-31(19-21-34)38-16-8-14-30-10-6-7-15-37(30)38/h1-28H. The SMILES string of the molecule is c1ccc(-c2nc3cc4c(cc3s2)oc2ccc(N(c3ccc(-c5cccc6ccccc56)cc3)c3ccc5ccccc5c3)cc24)cc1. The first-order valence-corrected chi connectivity index (χ1v) is 17.3. The minimum atomic E-state index is 0.865. The number of furan rings is 1. The molecule has 0 saturated carbocycles. The first-order chi connectivity index (χ1) is 24.2. The Bertz CT molecular complexity index is 2830. The van der Waals surface area contributed by atoms with Gasteiger partial charge in [0.05, 0.1) is 10.2 Å². The number of hydrogen-bond acceptors (Lipinski definition) is 4. The largest absolute Gasteiger partial charge is 0.456 e. The van der Waals surface area contributed by atoms with Gasteiger partial charge in [-0.15, -0.1) is 11.3 Å². The Morgan fingerprint density at radius 1 is 0.449 bits per heavy atom. The van der Waals surface area contributed by atoms with E-state index in [9.17, 15) is 0 Å². The lowest BCUT2D eigenvalue weighted by atomic mass is 9.98. The maximum absolute atomic E-state index is 6.44. The average molecular weight is 645 g/mol. The summed E-state index contributed by atoms with van der Waals surface area (Å²) in [5.74, 6) is 0. The zero-order valence-electron chi connectivity index (χ0n) is 26.4. The third kappa shape index (κ3) is 4.76. The molecule has 0 aliphatic carbocycles. The molecule has 0 fully saturated rings. The fraction of sp³-hybridized carbons (Fsp3) is 0. The molecule has 0 aliphatic heterocycles. The second-order valence-electron chi connectivity index (χ2n) is 12.4. The number of anilines is 3. The fourth-order valence-electron chi connectivity index (χ4n) is 7.06. The molecule has 3 nitrogen and oxygen atoms in total. The van der Waals surface area contributed by atoms with Gasteiger partial charge in [0.15, 0.2) is 0 Å². The first-order valence-electron chi connectivity index (χ1n) is 16.4. The van der Waals surface area contributed by atoms with Gasteiger partial charge in [-0.05, 0) is 81.2 Å². The molecule has 4 heteroatoms. The summed E-state index contributed by atoms with van der Waals surface area (Å²) < 4.78 is 7.56. The summed E-state index contributed by atoms with van der Waals surface area (Å²) >= 11 is 1.70. The third-order valence-electron chi connectivity index (χ3n) is 9.46. The number of thiazole rings is 1. The smallest absolute Gasteiger partial charge is 0.136 e. The quantitative estimate of drug-likeness (QED) is 0.187. The van der Waals surface area contributed by atoms with Crippen molar-refractivity contribution in [3.8, 4) is 21.7 Å². The van der Waals surface area contributed by atoms with Crippen LogP contribution in [0.4, 0.5) is 17.1 Å². The van der Waals surface area contributed by atoms with Gasteiger partial charge in [0.1, 0.15) is 16.2 Å². The van der Waals surface area contributed by atoms with Crippen LogP contribution in [0.2, 0.25) is 0 Å². The number of fused-ring (bicyclic) bond motifs is 6. The molecule has 230 valence electrons. The van der Waals surface area contributed by atoms with Crippen LogP contribution in [0.5, 0.6) is 0 Å². The molecule has 10 aromatic rings. The van der Waals surface area contributed by atoms with E-state index in [1.165, 1.54) is 32.7 Å². The Morgan fingerprint density at radius 3 is 2.02 bits per heavy atom. The lowest BCUT2D eigenvalue weighted by molar-refractivity contribution is 0.669. The highest BCUT2D eigenvalue weighted by Gasteiger charge is 2.18. The number of rotatable bonds is 5. The van der Waals surface area contributed by atoms with Crippen LogP contribution in [0.25, 0.3) is 75.4 Å². The van der Waals surface area contributed by atoms with E-state index in [0.717, 1.165) is 59.8 Å². The monoisotopic (exact) mass is 644 g/mol. The van der Waals surface area contributed by atoms with Crippen molar-refractivity contribution in [3.63, 3.8) is 0 Å². The van der Waals surface area contributed by atoms with E-state index in [1.54, 1.807) is 11.3 Å². The van der Waals surface area contributed by atoms with Crippen molar-refractivity contribution >= 4 is 82.1 Å². The van der Waals surface area contributed by atoms with Crippen molar-refractivity contribution < 1.29 is 4.42 Å². The lowest BCUT2D eigenvalue weighted by Crippen LogP contribution is -2.09. The molecule has 0 amide bonds. The molecule has 2 aromatic heterocycles. The Kier molecular flexibility index (Phi) is 6.36. The van der Waals surface area contributed by atoms with Crippen molar-refractivity contribution in [1.82, 2.24) is 4.98 Å². The van der Waals surface area contributed by atoms with Gasteiger partial charge in [-0.3, -0.25) is 0 Å². The maximum Gasteiger partial charge on any atom is 0.136 e. The minimum Gasteiger partial charge on any atom is -0.456 e. The Balaban J connectivity index is 1.12. The molecule has 0 atom stereocenters. The molecule has 10 rings (SSSR count). The van der Waals surface area contributed by atoms with E-state index < -0.39 is 0 Å². The average Bonchev–Trinajstić information content (AvgIpc) is 3.75. The Morgan fingerprint density at radius 2 is 1.14 bits per heavy atom. The molecule has 2 heterocycles. The summed E-state index contributed by atoms with van der Waals surface area (Å²) in [6.45, 7) is 0. The topological polar surface area (TPSA) is 29.3 Å². The van der Waals surface area contributed by atoms with Crippen LogP contribution < -0.4 is 4.90 Å². The van der Waals surface area contributed by atoms with E-state index in [4.69, 9.17) is 9.40 Å². The minimum absolute atomic E-state index is 0.865. The van der Waals surface area contributed by atoms with Gasteiger partial charge in [0.25, 0.3) is 0 Å². The normalized spacial score (nSPS) is 11.7. The zero-order valence-corrected chi connectivity index (χ0v) is 27.2. The molecule has 8 aromatic carbocycles. The predicted octanol–water partition coefficient (Wildman–Crippen LogP) is 13.3. The highest BCUT2D eigenvalue weighted by atomic mass is 32.1. The first kappa shape index (κ1) is 27.8. The van der Waals surface area contributed by atoms with Gasteiger partial charge in [-0.25, -0.2) is 4.98 Å². The van der Waals surface area contributed by atoms with E-state index in [0.29, 0.717) is 0 Å². The van der Waals surface area contributed by atoms with Crippen molar-refractivity contribution in [1.29, 1.82) is 0 Å². The van der Waals surface area contributed by atoms with Crippen LogP contribution in [0, 0.1) is 0 Å². The molecule has 0 aliphatic rings. The summed E-state index contributed by atoms with van der Waals surface area (Å²) in [5.41, 5.74) is 9.52. The van der Waals surface area contributed by atoms with Crippen LogP contribution in [0.3, 0.4) is 0 Å². The van der Waals surface area contributed by atoms with Crippen molar-refractivity contribution in [2.24, 2.45) is 0 Å². The van der Waals surface area contributed by atoms with Gasteiger partial charge in [0, 0.05) is 39.5 Å². The lowest BCUT2D eigenvalue weighted by Gasteiger charge is -2.26. The van der Waals surface area contributed by atoms with Crippen LogP contribution in [-0.4, -0.2) is 4.98 Å². The maximum atomic E-state index is 6.44. The van der Waals surface area contributed by atoms with Crippen LogP contribution >= 0.6 is 11.3 Å². The number of nitrogens with zero attached hydrogens (tertiary/aromatic N) is 2. The van der Waals surface area contributed by atoms with Crippen LogP contribution in [-0.2, 0) is 0 Å². The van der Waals surface area contributed by atoms with Crippen molar-refractivity contribution in [2.45, 2.75) is 0 Å². The van der Waals surface area contributed by atoms with Crippen molar-refractivity contribution in [2.75, 3.05) is 4.90 Å². The number of aromatic nitrogens is 1. The molecular weight excluding hydrogens is 617 g/mol. The van der Waals surface area contributed by atoms with Crippen molar-refractivity contribution in [3.05, 3.63) is 170 Å². The molecule has 0 radical (unpaired) electrons. The van der Waals surface area contributed by atoms with Crippen LogP contribution in [0.1, 0.15) is 0 Å². The van der Waals surface area contributed by atoms with Gasteiger partial charge >= 0.3 is 0 Å². The molecule has 0 saturated heterocycles. The van der Waals surface area contributed by atoms with Crippen LogP contribution in [0.15, 0.2) is 174 Å².